The van der Waals surface area contributed by atoms with Crippen molar-refractivity contribution in [2.75, 3.05) is 6.54 Å². The van der Waals surface area contributed by atoms with Gasteiger partial charge >= 0.3 is 0 Å². The summed E-state index contributed by atoms with van der Waals surface area (Å²) in [6.45, 7) is 5.29. The first-order valence-electron chi connectivity index (χ1n) is 6.14. The highest BCUT2D eigenvalue weighted by atomic mass is 16.3. The van der Waals surface area contributed by atoms with Crippen LogP contribution < -0.4 is 0 Å². The van der Waals surface area contributed by atoms with E-state index in [2.05, 4.69) is 42.2 Å². The number of furan rings is 1. The summed E-state index contributed by atoms with van der Waals surface area (Å²) in [5.41, 5.74) is 4.09. The average Bonchev–Trinajstić information content (AvgIpc) is 2.76. The Morgan fingerprint density at radius 1 is 1.29 bits per heavy atom. The van der Waals surface area contributed by atoms with E-state index in [9.17, 15) is 0 Å². The van der Waals surface area contributed by atoms with E-state index in [1.807, 2.05) is 0 Å². The van der Waals surface area contributed by atoms with Gasteiger partial charge < -0.3 is 4.42 Å². The number of hydrogen-bond acceptors (Lipinski definition) is 2. The molecular weight excluding hydrogens is 210 g/mol. The van der Waals surface area contributed by atoms with Gasteiger partial charge in [0.2, 0.25) is 0 Å². The van der Waals surface area contributed by atoms with Crippen molar-refractivity contribution in [1.29, 1.82) is 0 Å². The highest BCUT2D eigenvalue weighted by Crippen LogP contribution is 2.21. The van der Waals surface area contributed by atoms with Crippen LogP contribution in [0.4, 0.5) is 0 Å². The molecule has 2 heterocycles. The van der Waals surface area contributed by atoms with Gasteiger partial charge in [-0.15, -0.1) is 0 Å². The zero-order valence-corrected chi connectivity index (χ0v) is 10.1. The first kappa shape index (κ1) is 10.6. The molecule has 2 heteroatoms. The molecule has 88 valence electrons. The van der Waals surface area contributed by atoms with E-state index < -0.39 is 0 Å². The van der Waals surface area contributed by atoms with Gasteiger partial charge in [0.15, 0.2) is 0 Å². The van der Waals surface area contributed by atoms with Crippen molar-refractivity contribution in [2.24, 2.45) is 0 Å². The van der Waals surface area contributed by atoms with Crippen LogP contribution in [-0.2, 0) is 19.5 Å². The summed E-state index contributed by atoms with van der Waals surface area (Å²) in [6, 6.07) is 10.9. The van der Waals surface area contributed by atoms with E-state index in [-0.39, 0.29) is 0 Å². The van der Waals surface area contributed by atoms with Crippen LogP contribution in [0.1, 0.15) is 22.5 Å². The molecule has 0 bridgehead atoms. The lowest BCUT2D eigenvalue weighted by atomic mass is 10.1. The molecule has 0 fully saturated rings. The second-order valence-corrected chi connectivity index (χ2v) is 4.82. The van der Waals surface area contributed by atoms with Gasteiger partial charge in [-0.25, -0.2) is 0 Å². The lowest BCUT2D eigenvalue weighted by molar-refractivity contribution is 0.234. The maximum atomic E-state index is 5.45. The Morgan fingerprint density at radius 2 is 2.24 bits per heavy atom. The fourth-order valence-corrected chi connectivity index (χ4v) is 2.51. The van der Waals surface area contributed by atoms with Crippen LogP contribution >= 0.6 is 0 Å². The minimum atomic E-state index is 1.01. The van der Waals surface area contributed by atoms with E-state index in [0.29, 0.717) is 0 Å². The van der Waals surface area contributed by atoms with E-state index in [0.717, 1.165) is 26.1 Å². The lowest BCUT2D eigenvalue weighted by Gasteiger charge is -2.26. The van der Waals surface area contributed by atoms with Gasteiger partial charge in [0, 0.05) is 31.6 Å². The van der Waals surface area contributed by atoms with Gasteiger partial charge in [0.1, 0.15) is 5.76 Å². The SMILES string of the molecule is Cc1cccc(CN2CCc3occc3C2)c1. The molecule has 3 rings (SSSR count). The molecule has 0 unspecified atom stereocenters. The summed E-state index contributed by atoms with van der Waals surface area (Å²) >= 11 is 0. The summed E-state index contributed by atoms with van der Waals surface area (Å²) in [6.07, 6.45) is 2.84. The number of benzene rings is 1. The van der Waals surface area contributed by atoms with Crippen LogP contribution in [0.2, 0.25) is 0 Å². The van der Waals surface area contributed by atoms with Crippen molar-refractivity contribution in [1.82, 2.24) is 4.90 Å². The molecule has 0 aliphatic carbocycles. The Kier molecular flexibility index (Phi) is 2.73. The Balaban J connectivity index is 1.72. The monoisotopic (exact) mass is 227 g/mol. The summed E-state index contributed by atoms with van der Waals surface area (Å²) in [4.78, 5) is 2.48. The van der Waals surface area contributed by atoms with Crippen LogP contribution in [0.3, 0.4) is 0 Å². The fraction of sp³-hybridized carbons (Fsp3) is 0.333. The maximum absolute atomic E-state index is 5.45. The molecule has 0 saturated heterocycles. The smallest absolute Gasteiger partial charge is 0.109 e. The normalized spacial score (nSPS) is 15.8. The van der Waals surface area contributed by atoms with Gasteiger partial charge in [0.05, 0.1) is 6.26 Å². The molecular formula is C15H17NO. The number of aryl methyl sites for hydroxylation is 1. The predicted octanol–water partition coefficient (Wildman–Crippen LogP) is 3.15. The standard InChI is InChI=1S/C15H17NO/c1-12-3-2-4-13(9-12)10-16-7-5-15-14(11-16)6-8-17-15/h2-4,6,8-9H,5,7,10-11H2,1H3. The molecule has 1 aliphatic rings. The van der Waals surface area contributed by atoms with E-state index in [1.54, 1.807) is 6.26 Å². The Labute approximate surface area is 102 Å². The zero-order valence-electron chi connectivity index (χ0n) is 10.1. The van der Waals surface area contributed by atoms with Crippen LogP contribution in [0, 0.1) is 6.92 Å². The third kappa shape index (κ3) is 2.27. The Hall–Kier alpha value is -1.54. The number of fused-ring (bicyclic) bond motifs is 1. The number of rotatable bonds is 2. The highest BCUT2D eigenvalue weighted by molar-refractivity contribution is 5.24. The fourth-order valence-electron chi connectivity index (χ4n) is 2.51. The van der Waals surface area contributed by atoms with Crippen molar-refractivity contribution in [3.05, 3.63) is 59.0 Å². The molecule has 17 heavy (non-hydrogen) atoms. The maximum Gasteiger partial charge on any atom is 0.109 e. The van der Waals surface area contributed by atoms with Crippen molar-refractivity contribution < 1.29 is 4.42 Å². The molecule has 0 saturated carbocycles. The zero-order chi connectivity index (χ0) is 11.7. The Morgan fingerprint density at radius 3 is 3.12 bits per heavy atom. The van der Waals surface area contributed by atoms with Crippen LogP contribution in [0.5, 0.6) is 0 Å². The second kappa shape index (κ2) is 4.38. The molecule has 1 aliphatic heterocycles. The number of nitrogens with zero attached hydrogens (tertiary/aromatic N) is 1. The molecule has 0 atom stereocenters. The van der Waals surface area contributed by atoms with E-state index >= 15 is 0 Å². The molecule has 2 nitrogen and oxygen atoms in total. The van der Waals surface area contributed by atoms with Crippen LogP contribution in [-0.4, -0.2) is 11.4 Å². The van der Waals surface area contributed by atoms with E-state index in [1.165, 1.54) is 22.5 Å². The van der Waals surface area contributed by atoms with Crippen LogP contribution in [0.25, 0.3) is 0 Å². The molecule has 0 amide bonds. The Bertz CT molecular complexity index is 515. The predicted molar refractivity (Wildman–Crippen MR) is 67.7 cm³/mol. The van der Waals surface area contributed by atoms with Gasteiger partial charge in [-0.2, -0.15) is 0 Å². The first-order chi connectivity index (χ1) is 8.31. The van der Waals surface area contributed by atoms with Gasteiger partial charge in [-0.3, -0.25) is 4.90 Å². The van der Waals surface area contributed by atoms with Crippen molar-refractivity contribution in [2.45, 2.75) is 26.4 Å². The molecule has 0 N–H and O–H groups in total. The van der Waals surface area contributed by atoms with Gasteiger partial charge in [-0.05, 0) is 18.6 Å². The molecule has 0 radical (unpaired) electrons. The highest BCUT2D eigenvalue weighted by Gasteiger charge is 2.18. The lowest BCUT2D eigenvalue weighted by Crippen LogP contribution is -2.29. The summed E-state index contributed by atoms with van der Waals surface area (Å²) in [7, 11) is 0. The summed E-state index contributed by atoms with van der Waals surface area (Å²) in [5, 5.41) is 0. The quantitative estimate of drug-likeness (QED) is 0.783. The van der Waals surface area contributed by atoms with Crippen molar-refractivity contribution >= 4 is 0 Å². The van der Waals surface area contributed by atoms with Crippen molar-refractivity contribution in [3.63, 3.8) is 0 Å². The first-order valence-corrected chi connectivity index (χ1v) is 6.14. The second-order valence-electron chi connectivity index (χ2n) is 4.82. The third-order valence-corrected chi connectivity index (χ3v) is 3.38. The van der Waals surface area contributed by atoms with Gasteiger partial charge in [0.25, 0.3) is 0 Å². The van der Waals surface area contributed by atoms with Crippen LogP contribution in [0.15, 0.2) is 41.0 Å². The minimum absolute atomic E-state index is 1.01. The molecule has 2 aromatic rings. The van der Waals surface area contributed by atoms with E-state index in [4.69, 9.17) is 4.42 Å². The molecule has 0 spiro atoms. The summed E-state index contributed by atoms with van der Waals surface area (Å²) < 4.78 is 5.45. The minimum Gasteiger partial charge on any atom is -0.469 e. The number of hydrogen-bond donors (Lipinski definition) is 0. The topological polar surface area (TPSA) is 16.4 Å². The van der Waals surface area contributed by atoms with Crippen molar-refractivity contribution in [3.8, 4) is 0 Å². The molecule has 1 aromatic carbocycles. The molecule has 1 aromatic heterocycles. The summed E-state index contributed by atoms with van der Waals surface area (Å²) in [5.74, 6) is 1.17. The third-order valence-electron chi connectivity index (χ3n) is 3.38. The average molecular weight is 227 g/mol. The van der Waals surface area contributed by atoms with Gasteiger partial charge in [-0.1, -0.05) is 29.8 Å². The largest absolute Gasteiger partial charge is 0.469 e.